The van der Waals surface area contributed by atoms with Crippen molar-refractivity contribution >= 4 is 32.5 Å². The molecule has 4 aromatic rings. The molecule has 0 spiro atoms. The summed E-state index contributed by atoms with van der Waals surface area (Å²) in [5, 5.41) is 1.70. The highest BCUT2D eigenvalue weighted by molar-refractivity contribution is 7.89. The molecule has 0 unspecified atom stereocenters. The molecule has 1 aromatic heterocycles. The smallest absolute Gasteiger partial charge is 0.243 e. The fourth-order valence-corrected chi connectivity index (χ4v) is 4.86. The fraction of sp³-hybridized carbons (Fsp3) is 0.130. The number of ether oxygens (including phenoxy) is 1. The van der Waals surface area contributed by atoms with Crippen LogP contribution in [0.3, 0.4) is 0 Å². The van der Waals surface area contributed by atoms with Gasteiger partial charge in [-0.15, -0.1) is 0 Å². The largest absolute Gasteiger partial charge is 0.497 e. The fourth-order valence-electron chi connectivity index (χ4n) is 3.31. The van der Waals surface area contributed by atoms with E-state index in [-0.39, 0.29) is 18.0 Å². The van der Waals surface area contributed by atoms with Gasteiger partial charge in [0.1, 0.15) is 5.75 Å². The summed E-state index contributed by atoms with van der Waals surface area (Å²) >= 11 is 5.99. The number of aromatic amines is 1. The summed E-state index contributed by atoms with van der Waals surface area (Å²) in [5.74, 6) is 0.607. The molecule has 1 N–H and O–H groups in total. The molecule has 1 heterocycles. The van der Waals surface area contributed by atoms with Crippen LogP contribution in [0.15, 0.2) is 83.9 Å². The van der Waals surface area contributed by atoms with Gasteiger partial charge in [-0.1, -0.05) is 35.9 Å². The summed E-state index contributed by atoms with van der Waals surface area (Å²) in [6, 6.07) is 21.5. The normalized spacial score (nSPS) is 11.8. The van der Waals surface area contributed by atoms with Crippen molar-refractivity contribution in [1.29, 1.82) is 0 Å². The Morgan fingerprint density at radius 3 is 2.27 bits per heavy atom. The van der Waals surface area contributed by atoms with Gasteiger partial charge < -0.3 is 9.72 Å². The number of halogens is 1. The standard InChI is InChI=1S/C23H21ClN2O3S/c1-29-21-8-10-22(11-9-21)30(27,28)26(15-17-3-6-20(24)7-4-17)16-18-2-5-19-12-13-25-23(19)14-18/h2-14,25H,15-16H2,1H3. The zero-order valence-corrected chi connectivity index (χ0v) is 18.0. The topological polar surface area (TPSA) is 62.4 Å². The average Bonchev–Trinajstić information content (AvgIpc) is 3.22. The first kappa shape index (κ1) is 20.5. The van der Waals surface area contributed by atoms with Gasteiger partial charge in [0.05, 0.1) is 12.0 Å². The van der Waals surface area contributed by atoms with Crippen LogP contribution >= 0.6 is 11.6 Å². The van der Waals surface area contributed by atoms with E-state index in [0.717, 1.165) is 22.0 Å². The molecule has 154 valence electrons. The summed E-state index contributed by atoms with van der Waals surface area (Å²) < 4.78 is 33.6. The number of nitrogens with one attached hydrogen (secondary N) is 1. The molecule has 3 aromatic carbocycles. The molecule has 0 atom stereocenters. The van der Waals surface area contributed by atoms with Crippen LogP contribution in [0.25, 0.3) is 10.9 Å². The van der Waals surface area contributed by atoms with Gasteiger partial charge in [0.2, 0.25) is 10.0 Å². The summed E-state index contributed by atoms with van der Waals surface area (Å²) in [4.78, 5) is 3.40. The third kappa shape index (κ3) is 4.36. The highest BCUT2D eigenvalue weighted by Crippen LogP contribution is 2.25. The maximum Gasteiger partial charge on any atom is 0.243 e. The van der Waals surface area contributed by atoms with Crippen molar-refractivity contribution in [3.05, 3.63) is 95.1 Å². The lowest BCUT2D eigenvalue weighted by molar-refractivity contribution is 0.400. The number of aromatic nitrogens is 1. The van der Waals surface area contributed by atoms with Crippen molar-refractivity contribution in [2.75, 3.05) is 7.11 Å². The second-order valence-electron chi connectivity index (χ2n) is 6.97. The minimum atomic E-state index is -3.74. The third-order valence-electron chi connectivity index (χ3n) is 4.95. The maximum absolute atomic E-state index is 13.5. The number of hydrogen-bond acceptors (Lipinski definition) is 3. The molecule has 30 heavy (non-hydrogen) atoms. The third-order valence-corrected chi connectivity index (χ3v) is 7.01. The number of fused-ring (bicyclic) bond motifs is 1. The number of hydrogen-bond donors (Lipinski definition) is 1. The molecular formula is C23H21ClN2O3S. The zero-order valence-electron chi connectivity index (χ0n) is 16.4. The Morgan fingerprint density at radius 2 is 1.57 bits per heavy atom. The van der Waals surface area contributed by atoms with Gasteiger partial charge in [0.15, 0.2) is 0 Å². The van der Waals surface area contributed by atoms with Crippen LogP contribution in [0.2, 0.25) is 5.02 Å². The summed E-state index contributed by atoms with van der Waals surface area (Å²) in [6.45, 7) is 0.472. The van der Waals surface area contributed by atoms with E-state index in [4.69, 9.17) is 16.3 Å². The van der Waals surface area contributed by atoms with Crippen LogP contribution in [0, 0.1) is 0 Å². The van der Waals surface area contributed by atoms with Gasteiger partial charge in [-0.25, -0.2) is 8.42 Å². The number of nitrogens with zero attached hydrogens (tertiary/aromatic N) is 1. The van der Waals surface area contributed by atoms with Crippen LogP contribution < -0.4 is 4.74 Å². The van der Waals surface area contributed by atoms with Crippen LogP contribution in [0.1, 0.15) is 11.1 Å². The van der Waals surface area contributed by atoms with Gasteiger partial charge in [-0.2, -0.15) is 4.31 Å². The van der Waals surface area contributed by atoms with E-state index >= 15 is 0 Å². The van der Waals surface area contributed by atoms with Crippen molar-refractivity contribution in [3.8, 4) is 5.75 Å². The van der Waals surface area contributed by atoms with Crippen molar-refractivity contribution in [1.82, 2.24) is 9.29 Å². The van der Waals surface area contributed by atoms with Crippen molar-refractivity contribution < 1.29 is 13.2 Å². The van der Waals surface area contributed by atoms with Crippen LogP contribution in [0.4, 0.5) is 0 Å². The number of H-pyrrole nitrogens is 1. The molecule has 4 rings (SSSR count). The van der Waals surface area contributed by atoms with E-state index in [1.807, 2.05) is 42.6 Å². The van der Waals surface area contributed by atoms with Crippen molar-refractivity contribution in [2.24, 2.45) is 0 Å². The minimum Gasteiger partial charge on any atom is -0.497 e. The first-order valence-electron chi connectivity index (χ1n) is 9.40. The van der Waals surface area contributed by atoms with Gasteiger partial charge in [-0.3, -0.25) is 0 Å². The van der Waals surface area contributed by atoms with Crippen LogP contribution in [0.5, 0.6) is 5.75 Å². The minimum absolute atomic E-state index is 0.221. The second-order valence-corrected chi connectivity index (χ2v) is 9.35. The monoisotopic (exact) mass is 440 g/mol. The molecule has 0 amide bonds. The van der Waals surface area contributed by atoms with E-state index in [1.54, 1.807) is 43.5 Å². The molecule has 0 fully saturated rings. The molecule has 0 aliphatic heterocycles. The first-order valence-corrected chi connectivity index (χ1v) is 11.2. The van der Waals surface area contributed by atoms with Crippen LogP contribution in [-0.2, 0) is 23.1 Å². The Labute approximate surface area is 180 Å². The molecule has 0 bridgehead atoms. The van der Waals surface area contributed by atoms with Gasteiger partial charge in [0.25, 0.3) is 0 Å². The predicted octanol–water partition coefficient (Wildman–Crippen LogP) is 5.22. The zero-order chi connectivity index (χ0) is 21.1. The summed E-state index contributed by atoms with van der Waals surface area (Å²) in [6.07, 6.45) is 1.87. The quantitative estimate of drug-likeness (QED) is 0.428. The van der Waals surface area contributed by atoms with E-state index in [1.165, 1.54) is 4.31 Å². The van der Waals surface area contributed by atoms with Gasteiger partial charge in [0, 0.05) is 29.8 Å². The molecule has 5 nitrogen and oxygen atoms in total. The lowest BCUT2D eigenvalue weighted by Crippen LogP contribution is -2.30. The molecule has 0 radical (unpaired) electrons. The van der Waals surface area contributed by atoms with E-state index in [2.05, 4.69) is 4.98 Å². The lowest BCUT2D eigenvalue weighted by atomic mass is 10.1. The number of methoxy groups -OCH3 is 1. The number of sulfonamides is 1. The molecule has 7 heteroatoms. The Hall–Kier alpha value is -2.80. The van der Waals surface area contributed by atoms with E-state index < -0.39 is 10.0 Å². The molecule has 0 saturated heterocycles. The average molecular weight is 441 g/mol. The van der Waals surface area contributed by atoms with Gasteiger partial charge in [-0.05, 0) is 65.0 Å². The molecule has 0 saturated carbocycles. The number of rotatable bonds is 7. The van der Waals surface area contributed by atoms with Crippen molar-refractivity contribution in [3.63, 3.8) is 0 Å². The van der Waals surface area contributed by atoms with E-state index in [9.17, 15) is 8.42 Å². The van der Waals surface area contributed by atoms with Crippen LogP contribution in [-0.4, -0.2) is 24.8 Å². The Balaban J connectivity index is 1.70. The Bertz CT molecular complexity index is 1250. The first-order chi connectivity index (χ1) is 14.5. The summed E-state index contributed by atoms with van der Waals surface area (Å²) in [5.41, 5.74) is 2.73. The Kier molecular flexibility index (Phi) is 5.81. The molecular weight excluding hydrogens is 420 g/mol. The molecule has 0 aliphatic rings. The lowest BCUT2D eigenvalue weighted by Gasteiger charge is -2.23. The molecule has 0 aliphatic carbocycles. The summed E-state index contributed by atoms with van der Waals surface area (Å²) in [7, 11) is -2.19. The van der Waals surface area contributed by atoms with E-state index in [0.29, 0.717) is 10.8 Å². The highest BCUT2D eigenvalue weighted by atomic mass is 35.5. The SMILES string of the molecule is COc1ccc(S(=O)(=O)N(Cc2ccc(Cl)cc2)Cc2ccc3cc[nH]c3c2)cc1. The second kappa shape index (κ2) is 8.52. The Morgan fingerprint density at radius 1 is 0.900 bits per heavy atom. The highest BCUT2D eigenvalue weighted by Gasteiger charge is 2.25. The van der Waals surface area contributed by atoms with Crippen molar-refractivity contribution in [2.45, 2.75) is 18.0 Å². The number of benzene rings is 3. The predicted molar refractivity (Wildman–Crippen MR) is 119 cm³/mol. The van der Waals surface area contributed by atoms with Gasteiger partial charge >= 0.3 is 0 Å². The maximum atomic E-state index is 13.5.